The molecule has 0 N–H and O–H groups in total. The molecule has 3 aromatic rings. The van der Waals surface area contributed by atoms with Crippen LogP contribution >= 0.6 is 0 Å². The first kappa shape index (κ1) is 16.6. The van der Waals surface area contributed by atoms with E-state index in [0.717, 1.165) is 12.8 Å². The van der Waals surface area contributed by atoms with Gasteiger partial charge in [-0.25, -0.2) is 0 Å². The maximum absolute atomic E-state index is 4.11. The molecule has 1 aliphatic carbocycles. The van der Waals surface area contributed by atoms with E-state index in [2.05, 4.69) is 87.2 Å². The molecule has 0 bridgehead atoms. The molecule has 0 atom stereocenters. The van der Waals surface area contributed by atoms with Gasteiger partial charge in [-0.2, -0.15) is 0 Å². The van der Waals surface area contributed by atoms with Gasteiger partial charge >= 0.3 is 0 Å². The van der Waals surface area contributed by atoms with Crippen LogP contribution in [0.4, 0.5) is 0 Å². The van der Waals surface area contributed by atoms with E-state index in [4.69, 9.17) is 0 Å². The first-order valence-electron chi connectivity index (χ1n) is 9.33. The van der Waals surface area contributed by atoms with Crippen LogP contribution < -0.4 is 0 Å². The lowest BCUT2D eigenvalue weighted by Gasteiger charge is -2.23. The molecule has 0 saturated heterocycles. The van der Waals surface area contributed by atoms with Gasteiger partial charge in [-0.05, 0) is 70.9 Å². The maximum Gasteiger partial charge on any atom is -0.0102 e. The Hall–Kier alpha value is -2.86. The molecule has 3 aromatic carbocycles. The van der Waals surface area contributed by atoms with Crippen molar-refractivity contribution < 1.29 is 0 Å². The van der Waals surface area contributed by atoms with Crippen LogP contribution in [0.1, 0.15) is 46.7 Å². The fourth-order valence-corrected chi connectivity index (χ4v) is 4.16. The number of rotatable bonds is 3. The van der Waals surface area contributed by atoms with E-state index in [-0.39, 0.29) is 0 Å². The van der Waals surface area contributed by atoms with Crippen LogP contribution in [-0.2, 0) is 6.42 Å². The minimum absolute atomic E-state index is 1.08. The number of benzene rings is 3. The van der Waals surface area contributed by atoms with Crippen LogP contribution in [0.25, 0.3) is 34.6 Å². The molecule has 1 aliphatic rings. The van der Waals surface area contributed by atoms with Crippen LogP contribution in [0.15, 0.2) is 61.2 Å². The summed E-state index contributed by atoms with van der Waals surface area (Å²) in [4.78, 5) is 0. The third-order valence-electron chi connectivity index (χ3n) is 5.34. The second-order valence-electron chi connectivity index (χ2n) is 7.01. The summed E-state index contributed by atoms with van der Waals surface area (Å²) >= 11 is 0. The molecule has 0 saturated carbocycles. The fraction of sp³-hybridized carbons (Fsp3) is 0.154. The third kappa shape index (κ3) is 2.72. The number of hydrogen-bond acceptors (Lipinski definition) is 0. The number of fused-ring (bicyclic) bond motifs is 3. The van der Waals surface area contributed by atoms with E-state index in [9.17, 15) is 0 Å². The van der Waals surface area contributed by atoms with Gasteiger partial charge in [0, 0.05) is 0 Å². The zero-order chi connectivity index (χ0) is 18.1. The Bertz CT molecular complexity index is 1060. The Morgan fingerprint density at radius 1 is 0.923 bits per heavy atom. The lowest BCUT2D eigenvalue weighted by molar-refractivity contribution is 1.01. The number of aryl methyl sites for hydroxylation is 2. The van der Waals surface area contributed by atoms with Gasteiger partial charge in [-0.3, -0.25) is 0 Å². The molecule has 0 radical (unpaired) electrons. The van der Waals surface area contributed by atoms with Crippen molar-refractivity contribution in [2.24, 2.45) is 0 Å². The summed E-state index contributed by atoms with van der Waals surface area (Å²) in [6.45, 7) is 8.35. The summed E-state index contributed by atoms with van der Waals surface area (Å²) in [5, 5.41) is 2.67. The summed E-state index contributed by atoms with van der Waals surface area (Å²) in [6, 6.07) is 17.6. The highest BCUT2D eigenvalue weighted by Gasteiger charge is 2.19. The third-order valence-corrected chi connectivity index (χ3v) is 5.34. The highest BCUT2D eigenvalue weighted by Crippen LogP contribution is 2.39. The molecule has 0 fully saturated rings. The summed E-state index contributed by atoms with van der Waals surface area (Å²) in [5.41, 5.74) is 9.44. The Balaban J connectivity index is 2.04. The lowest BCUT2D eigenvalue weighted by atomic mass is 9.81. The van der Waals surface area contributed by atoms with Gasteiger partial charge in [0.25, 0.3) is 0 Å². The first-order valence-corrected chi connectivity index (χ1v) is 9.33. The van der Waals surface area contributed by atoms with Crippen molar-refractivity contribution in [2.75, 3.05) is 0 Å². The Kier molecular flexibility index (Phi) is 4.34. The predicted octanol–water partition coefficient (Wildman–Crippen LogP) is 7.31. The lowest BCUT2D eigenvalue weighted by Crippen LogP contribution is -2.04. The predicted molar refractivity (Wildman–Crippen MR) is 116 cm³/mol. The largest absolute Gasteiger partial charge is 0.0984 e. The monoisotopic (exact) mass is 336 g/mol. The van der Waals surface area contributed by atoms with E-state index in [1.807, 2.05) is 6.08 Å². The van der Waals surface area contributed by atoms with Crippen LogP contribution in [0.5, 0.6) is 0 Å². The summed E-state index contributed by atoms with van der Waals surface area (Å²) in [5.74, 6) is 0. The van der Waals surface area contributed by atoms with Crippen LogP contribution in [-0.4, -0.2) is 0 Å². The molecular formula is C26H24. The maximum atomic E-state index is 4.11. The minimum atomic E-state index is 1.08. The Morgan fingerprint density at radius 2 is 1.73 bits per heavy atom. The molecular weight excluding hydrogens is 312 g/mol. The molecule has 0 unspecified atom stereocenters. The molecule has 0 heteroatoms. The van der Waals surface area contributed by atoms with Crippen LogP contribution in [0.2, 0.25) is 0 Å². The minimum Gasteiger partial charge on any atom is -0.0984 e. The molecule has 0 nitrogen and oxygen atoms in total. The van der Waals surface area contributed by atoms with Gasteiger partial charge in [0.2, 0.25) is 0 Å². The topological polar surface area (TPSA) is 0 Å². The van der Waals surface area contributed by atoms with Crippen molar-refractivity contribution in [3.63, 3.8) is 0 Å². The highest BCUT2D eigenvalue weighted by molar-refractivity contribution is 6.02. The van der Waals surface area contributed by atoms with Crippen molar-refractivity contribution in [3.05, 3.63) is 94.6 Å². The van der Waals surface area contributed by atoms with E-state index in [1.165, 1.54) is 49.7 Å². The quantitative estimate of drug-likeness (QED) is 0.470. The first-order chi connectivity index (χ1) is 12.7. The molecule has 0 spiro atoms. The zero-order valence-corrected chi connectivity index (χ0v) is 15.5. The Labute approximate surface area is 156 Å². The highest BCUT2D eigenvalue weighted by atomic mass is 14.2. The van der Waals surface area contributed by atoms with Gasteiger partial charge in [-0.1, -0.05) is 85.0 Å². The molecule has 4 rings (SSSR count). The van der Waals surface area contributed by atoms with Crippen molar-refractivity contribution in [1.82, 2.24) is 0 Å². The number of hydrogen-bond donors (Lipinski definition) is 0. The molecule has 0 aromatic heterocycles. The van der Waals surface area contributed by atoms with Crippen molar-refractivity contribution in [3.8, 4) is 0 Å². The van der Waals surface area contributed by atoms with Gasteiger partial charge < -0.3 is 0 Å². The standard InChI is InChI=1S/C26H24/c1-4-9-22-21(5-2)23-12-6-7-13-24(23)25-15-14-20(17-26(22)25)19-11-8-10-18(3)16-19/h4-13,16-17H,2,14-15H2,1,3H3/b9-4-. The van der Waals surface area contributed by atoms with E-state index >= 15 is 0 Å². The average molecular weight is 336 g/mol. The number of allylic oxidation sites excluding steroid dienone is 2. The van der Waals surface area contributed by atoms with Gasteiger partial charge in [0.15, 0.2) is 0 Å². The van der Waals surface area contributed by atoms with Gasteiger partial charge in [0.1, 0.15) is 0 Å². The smallest absolute Gasteiger partial charge is 0.0102 e. The molecule has 0 amide bonds. The molecule has 0 aliphatic heterocycles. The second kappa shape index (κ2) is 6.80. The second-order valence-corrected chi connectivity index (χ2v) is 7.01. The fourth-order valence-electron chi connectivity index (χ4n) is 4.16. The van der Waals surface area contributed by atoms with E-state index in [0.29, 0.717) is 0 Å². The molecule has 0 heterocycles. The molecule has 128 valence electrons. The SMILES string of the molecule is C=Cc1c(/C=C\C)c2c(c3ccccc13)CCC(c1cccc(C)c1)=C2. The van der Waals surface area contributed by atoms with Crippen LogP contribution in [0.3, 0.4) is 0 Å². The van der Waals surface area contributed by atoms with Crippen molar-refractivity contribution >= 4 is 34.6 Å². The summed E-state index contributed by atoms with van der Waals surface area (Å²) in [6.07, 6.45) is 10.9. The van der Waals surface area contributed by atoms with Crippen molar-refractivity contribution in [1.29, 1.82) is 0 Å². The van der Waals surface area contributed by atoms with Gasteiger partial charge in [-0.15, -0.1) is 0 Å². The van der Waals surface area contributed by atoms with Gasteiger partial charge in [0.05, 0.1) is 0 Å². The summed E-state index contributed by atoms with van der Waals surface area (Å²) in [7, 11) is 0. The van der Waals surface area contributed by atoms with E-state index < -0.39 is 0 Å². The zero-order valence-electron chi connectivity index (χ0n) is 15.5. The average Bonchev–Trinajstić information content (AvgIpc) is 2.68. The van der Waals surface area contributed by atoms with Crippen LogP contribution in [0, 0.1) is 6.92 Å². The van der Waals surface area contributed by atoms with Crippen molar-refractivity contribution in [2.45, 2.75) is 26.7 Å². The summed E-state index contributed by atoms with van der Waals surface area (Å²) < 4.78 is 0. The van der Waals surface area contributed by atoms with E-state index in [1.54, 1.807) is 0 Å². The Morgan fingerprint density at radius 3 is 2.46 bits per heavy atom. The molecule has 26 heavy (non-hydrogen) atoms. The normalized spacial score (nSPS) is 13.7.